The Kier molecular flexibility index (Phi) is 4.96. The first-order valence-corrected chi connectivity index (χ1v) is 8.35. The lowest BCUT2D eigenvalue weighted by Gasteiger charge is -2.44. The van der Waals surface area contributed by atoms with Crippen LogP contribution in [0.5, 0.6) is 0 Å². The molecule has 27 heavy (non-hydrogen) atoms. The Balaban J connectivity index is 1.95. The maximum atomic E-state index is 14.5. The lowest BCUT2D eigenvalue weighted by molar-refractivity contribution is -0.209. The first kappa shape index (κ1) is 19.7. The maximum absolute atomic E-state index is 14.5. The summed E-state index contributed by atoms with van der Waals surface area (Å²) in [6.45, 7) is -0.347. The SMILES string of the molecule is NC(=O)C1CN([C@H](c2ccc(F)c(Cl)c2F)C2CC(C(F)(F)F)C2)C(=O)O1. The van der Waals surface area contributed by atoms with Crippen LogP contribution in [0.25, 0.3) is 0 Å². The first-order chi connectivity index (χ1) is 12.5. The lowest BCUT2D eigenvalue weighted by atomic mass is 9.68. The van der Waals surface area contributed by atoms with Crippen molar-refractivity contribution in [3.8, 4) is 0 Å². The van der Waals surface area contributed by atoms with Gasteiger partial charge in [-0.1, -0.05) is 17.7 Å². The molecule has 1 aliphatic carbocycles. The van der Waals surface area contributed by atoms with Crippen LogP contribution in [0.15, 0.2) is 12.1 Å². The van der Waals surface area contributed by atoms with Gasteiger partial charge in [0.2, 0.25) is 0 Å². The molecule has 2 amide bonds. The van der Waals surface area contributed by atoms with E-state index in [1.54, 1.807) is 0 Å². The van der Waals surface area contributed by atoms with Crippen LogP contribution >= 0.6 is 11.6 Å². The van der Waals surface area contributed by atoms with E-state index >= 15 is 0 Å². The summed E-state index contributed by atoms with van der Waals surface area (Å²) in [7, 11) is 0. The summed E-state index contributed by atoms with van der Waals surface area (Å²) in [5, 5.41) is -0.830. The fourth-order valence-corrected chi connectivity index (χ4v) is 3.66. The van der Waals surface area contributed by atoms with Crippen molar-refractivity contribution >= 4 is 23.6 Å². The molecule has 1 saturated carbocycles. The first-order valence-electron chi connectivity index (χ1n) is 7.97. The Hall–Kier alpha value is -2.10. The van der Waals surface area contributed by atoms with Crippen molar-refractivity contribution in [2.45, 2.75) is 31.2 Å². The minimum absolute atomic E-state index is 0.242. The lowest BCUT2D eigenvalue weighted by Crippen LogP contribution is -2.45. The Labute approximate surface area is 155 Å². The molecule has 2 aliphatic rings. The van der Waals surface area contributed by atoms with Gasteiger partial charge in [-0.05, 0) is 24.8 Å². The normalized spacial score (nSPS) is 26.5. The van der Waals surface area contributed by atoms with Crippen LogP contribution in [0.1, 0.15) is 24.4 Å². The number of cyclic esters (lactones) is 1. The van der Waals surface area contributed by atoms with Gasteiger partial charge in [-0.2, -0.15) is 13.2 Å². The number of nitrogens with zero attached hydrogens (tertiary/aromatic N) is 1. The van der Waals surface area contributed by atoms with Crippen molar-refractivity contribution in [3.63, 3.8) is 0 Å². The Morgan fingerprint density at radius 2 is 1.93 bits per heavy atom. The highest BCUT2D eigenvalue weighted by Gasteiger charge is 2.53. The molecule has 1 heterocycles. The number of alkyl halides is 3. The molecule has 1 aromatic rings. The van der Waals surface area contributed by atoms with E-state index < -0.39 is 58.8 Å². The Morgan fingerprint density at radius 1 is 1.30 bits per heavy atom. The minimum atomic E-state index is -4.42. The smallest absolute Gasteiger partial charge is 0.411 e. The predicted octanol–water partition coefficient (Wildman–Crippen LogP) is 3.55. The van der Waals surface area contributed by atoms with Gasteiger partial charge in [-0.15, -0.1) is 0 Å². The number of primary amides is 1. The molecule has 1 aliphatic heterocycles. The zero-order chi connectivity index (χ0) is 20.1. The number of hydrogen-bond acceptors (Lipinski definition) is 3. The number of hydrogen-bond donors (Lipinski definition) is 1. The number of carbonyl (C=O) groups excluding carboxylic acids is 2. The van der Waals surface area contributed by atoms with Crippen molar-refractivity contribution in [3.05, 3.63) is 34.4 Å². The van der Waals surface area contributed by atoms with Crippen LogP contribution < -0.4 is 5.73 Å². The Bertz CT molecular complexity index is 782. The highest BCUT2D eigenvalue weighted by molar-refractivity contribution is 6.31. The predicted molar refractivity (Wildman–Crippen MR) is 82.5 cm³/mol. The van der Waals surface area contributed by atoms with Gasteiger partial charge < -0.3 is 10.5 Å². The summed E-state index contributed by atoms with van der Waals surface area (Å²) >= 11 is 5.58. The second-order valence-electron chi connectivity index (χ2n) is 6.61. The topological polar surface area (TPSA) is 72.6 Å². The molecule has 0 bridgehead atoms. The minimum Gasteiger partial charge on any atom is -0.434 e. The summed E-state index contributed by atoms with van der Waals surface area (Å²) in [5.41, 5.74) is 4.86. The van der Waals surface area contributed by atoms with Crippen LogP contribution in [-0.2, 0) is 9.53 Å². The van der Waals surface area contributed by atoms with Gasteiger partial charge in [0.15, 0.2) is 6.10 Å². The quantitative estimate of drug-likeness (QED) is 0.607. The van der Waals surface area contributed by atoms with Crippen LogP contribution in [0.2, 0.25) is 5.02 Å². The number of ether oxygens (including phenoxy) is 1. The molecule has 3 rings (SSSR count). The number of nitrogens with two attached hydrogens (primary N) is 1. The van der Waals surface area contributed by atoms with Crippen molar-refractivity contribution in [1.29, 1.82) is 0 Å². The molecule has 11 heteroatoms. The van der Waals surface area contributed by atoms with Gasteiger partial charge in [0.1, 0.15) is 16.7 Å². The molecule has 2 atom stereocenters. The standard InChI is InChI=1S/C16H14ClF5N2O3/c17-11-9(18)2-1-8(12(11)19)13(6-3-7(4-6)16(20,21)22)24-5-10(14(23)25)27-15(24)26/h1-2,6-7,10,13H,3-5H2,(H2,23,25)/t6?,7?,10?,13-/m0/s1. The number of amides is 2. The van der Waals surface area contributed by atoms with Gasteiger partial charge in [-0.25, -0.2) is 13.6 Å². The van der Waals surface area contributed by atoms with Crippen LogP contribution in [0.3, 0.4) is 0 Å². The fourth-order valence-electron chi connectivity index (χ4n) is 3.49. The summed E-state index contributed by atoms with van der Waals surface area (Å²) < 4.78 is 71.4. The number of benzene rings is 1. The molecule has 1 unspecified atom stereocenters. The molecule has 1 saturated heterocycles. The number of halogens is 6. The zero-order valence-corrected chi connectivity index (χ0v) is 14.4. The van der Waals surface area contributed by atoms with Gasteiger partial charge in [-0.3, -0.25) is 9.69 Å². The monoisotopic (exact) mass is 412 g/mol. The highest BCUT2D eigenvalue weighted by Crippen LogP contribution is 2.52. The van der Waals surface area contributed by atoms with Gasteiger partial charge in [0.05, 0.1) is 18.5 Å². The number of carbonyl (C=O) groups is 2. The molecule has 0 aromatic heterocycles. The van der Waals surface area contributed by atoms with Crippen LogP contribution in [0.4, 0.5) is 26.7 Å². The summed E-state index contributed by atoms with van der Waals surface area (Å²) in [4.78, 5) is 24.4. The van der Waals surface area contributed by atoms with E-state index in [4.69, 9.17) is 22.1 Å². The average molecular weight is 413 g/mol. The van der Waals surface area contributed by atoms with E-state index in [2.05, 4.69) is 0 Å². The molecule has 0 spiro atoms. The molecular formula is C16H14ClF5N2O3. The average Bonchev–Trinajstić information content (AvgIpc) is 2.89. The van der Waals surface area contributed by atoms with Gasteiger partial charge >= 0.3 is 12.3 Å². The third-order valence-corrected chi connectivity index (χ3v) is 5.31. The largest absolute Gasteiger partial charge is 0.434 e. The Morgan fingerprint density at radius 3 is 2.44 bits per heavy atom. The van der Waals surface area contributed by atoms with E-state index in [1.165, 1.54) is 0 Å². The van der Waals surface area contributed by atoms with E-state index in [0.29, 0.717) is 0 Å². The summed E-state index contributed by atoms with van der Waals surface area (Å²) in [6.07, 6.45) is -7.45. The third-order valence-electron chi connectivity index (χ3n) is 4.96. The van der Waals surface area contributed by atoms with Crippen LogP contribution in [0, 0.1) is 23.5 Å². The fraction of sp³-hybridized carbons (Fsp3) is 0.500. The molecule has 0 radical (unpaired) electrons. The molecule has 1 aromatic carbocycles. The second-order valence-corrected chi connectivity index (χ2v) is 6.98. The highest BCUT2D eigenvalue weighted by atomic mass is 35.5. The number of rotatable bonds is 4. The van der Waals surface area contributed by atoms with Crippen molar-refractivity contribution in [1.82, 2.24) is 4.90 Å². The van der Waals surface area contributed by atoms with Crippen molar-refractivity contribution in [2.75, 3.05) is 6.54 Å². The molecule has 2 N–H and O–H groups in total. The maximum Gasteiger partial charge on any atom is 0.411 e. The summed E-state index contributed by atoms with van der Waals surface area (Å²) in [5.74, 6) is -5.52. The van der Waals surface area contributed by atoms with Crippen molar-refractivity contribution in [2.24, 2.45) is 17.6 Å². The molecule has 5 nitrogen and oxygen atoms in total. The van der Waals surface area contributed by atoms with E-state index in [-0.39, 0.29) is 24.9 Å². The van der Waals surface area contributed by atoms with E-state index in [9.17, 15) is 31.5 Å². The molecular weight excluding hydrogens is 399 g/mol. The van der Waals surface area contributed by atoms with Gasteiger partial charge in [0.25, 0.3) is 5.91 Å². The summed E-state index contributed by atoms with van der Waals surface area (Å²) in [6, 6.07) is 0.687. The van der Waals surface area contributed by atoms with E-state index in [0.717, 1.165) is 17.0 Å². The van der Waals surface area contributed by atoms with Gasteiger partial charge in [0, 0.05) is 5.56 Å². The molecule has 148 valence electrons. The molecule has 2 fully saturated rings. The second kappa shape index (κ2) is 6.81. The van der Waals surface area contributed by atoms with E-state index in [1.807, 2.05) is 0 Å². The third kappa shape index (κ3) is 3.54. The van der Waals surface area contributed by atoms with Crippen molar-refractivity contribution < 1.29 is 36.3 Å². The van der Waals surface area contributed by atoms with Crippen LogP contribution in [-0.4, -0.2) is 35.7 Å². The zero-order valence-electron chi connectivity index (χ0n) is 13.6.